The first kappa shape index (κ1) is 16.9. The Morgan fingerprint density at radius 3 is 2.57 bits per heavy atom. The lowest BCUT2D eigenvalue weighted by Gasteiger charge is -2.13. The van der Waals surface area contributed by atoms with Gasteiger partial charge in [-0.15, -0.1) is 11.8 Å². The molecule has 0 aliphatic heterocycles. The zero-order valence-corrected chi connectivity index (χ0v) is 13.9. The van der Waals surface area contributed by atoms with Crippen molar-refractivity contribution < 1.29 is 14.3 Å². The second-order valence-electron chi connectivity index (χ2n) is 4.47. The molecule has 0 saturated carbocycles. The molecule has 0 saturated heterocycles. The molecule has 0 fully saturated rings. The molecule has 0 radical (unpaired) electrons. The van der Waals surface area contributed by atoms with Crippen LogP contribution in [0.3, 0.4) is 0 Å². The number of benzene rings is 1. The summed E-state index contributed by atoms with van der Waals surface area (Å²) in [6.45, 7) is 1.82. The van der Waals surface area contributed by atoms with E-state index in [1.807, 2.05) is 31.2 Å². The molecule has 2 rings (SSSR count). The van der Waals surface area contributed by atoms with Crippen LogP contribution in [-0.2, 0) is 4.79 Å². The summed E-state index contributed by atoms with van der Waals surface area (Å²) in [5, 5.41) is -0.290. The standard InChI is InChI=1S/C15H18N4O3S/c1-10(23-12-6-4-11(21-2)5-7-12)14(20)18-19-15-16-9-8-13(17-15)22-3/h4-10H,1-3H3,(H,18,20)(H,16,17,19)/t10-/m1/s1. The fraction of sp³-hybridized carbons (Fsp3) is 0.267. The molecule has 1 amide bonds. The molecule has 122 valence electrons. The average molecular weight is 334 g/mol. The number of thioether (sulfide) groups is 1. The van der Waals surface area contributed by atoms with Crippen LogP contribution in [0.15, 0.2) is 41.4 Å². The highest BCUT2D eigenvalue weighted by atomic mass is 32.2. The molecule has 8 heteroatoms. The number of nitrogens with zero attached hydrogens (tertiary/aromatic N) is 2. The van der Waals surface area contributed by atoms with Crippen molar-refractivity contribution in [1.82, 2.24) is 15.4 Å². The molecule has 1 aromatic heterocycles. The second-order valence-corrected chi connectivity index (χ2v) is 5.89. The van der Waals surface area contributed by atoms with Gasteiger partial charge < -0.3 is 9.47 Å². The van der Waals surface area contributed by atoms with Crippen LogP contribution in [0.1, 0.15) is 6.92 Å². The number of hydrogen-bond acceptors (Lipinski definition) is 7. The highest BCUT2D eigenvalue weighted by Crippen LogP contribution is 2.25. The fourth-order valence-electron chi connectivity index (χ4n) is 1.65. The molecule has 0 aliphatic carbocycles. The van der Waals surface area contributed by atoms with E-state index >= 15 is 0 Å². The van der Waals surface area contributed by atoms with Crippen LogP contribution in [0.4, 0.5) is 5.95 Å². The topological polar surface area (TPSA) is 85.4 Å². The van der Waals surface area contributed by atoms with Crippen molar-refractivity contribution in [2.45, 2.75) is 17.1 Å². The summed E-state index contributed by atoms with van der Waals surface area (Å²) in [5.41, 5.74) is 5.25. The third-order valence-corrected chi connectivity index (χ3v) is 3.99. The van der Waals surface area contributed by atoms with Gasteiger partial charge in [-0.05, 0) is 31.2 Å². The summed E-state index contributed by atoms with van der Waals surface area (Å²) in [4.78, 5) is 21.1. The van der Waals surface area contributed by atoms with E-state index in [1.54, 1.807) is 13.2 Å². The van der Waals surface area contributed by atoms with Crippen molar-refractivity contribution in [2.75, 3.05) is 19.6 Å². The van der Waals surface area contributed by atoms with E-state index in [2.05, 4.69) is 20.8 Å². The Hall–Kier alpha value is -2.48. The number of rotatable bonds is 7. The van der Waals surface area contributed by atoms with Crippen molar-refractivity contribution in [1.29, 1.82) is 0 Å². The van der Waals surface area contributed by atoms with E-state index < -0.39 is 0 Å². The molecular formula is C15H18N4O3S. The van der Waals surface area contributed by atoms with Crippen LogP contribution < -0.4 is 20.3 Å². The highest BCUT2D eigenvalue weighted by Gasteiger charge is 2.14. The smallest absolute Gasteiger partial charge is 0.251 e. The average Bonchev–Trinajstić information content (AvgIpc) is 2.60. The minimum Gasteiger partial charge on any atom is -0.497 e. The van der Waals surface area contributed by atoms with Gasteiger partial charge in [0.2, 0.25) is 11.8 Å². The third kappa shape index (κ3) is 5.03. The minimum absolute atomic E-state index is 0.183. The SMILES string of the molecule is COc1ccc(S[C@H](C)C(=O)NNc2nccc(OC)n2)cc1. The van der Waals surface area contributed by atoms with Crippen molar-refractivity contribution >= 4 is 23.6 Å². The lowest BCUT2D eigenvalue weighted by atomic mass is 10.3. The monoisotopic (exact) mass is 334 g/mol. The van der Waals surface area contributed by atoms with Crippen LogP contribution in [0, 0.1) is 0 Å². The molecule has 0 unspecified atom stereocenters. The van der Waals surface area contributed by atoms with E-state index in [0.717, 1.165) is 10.6 Å². The summed E-state index contributed by atoms with van der Waals surface area (Å²) in [5.74, 6) is 1.28. The molecule has 1 aromatic carbocycles. The van der Waals surface area contributed by atoms with Gasteiger partial charge in [0, 0.05) is 17.2 Å². The first-order chi connectivity index (χ1) is 11.1. The normalized spacial score (nSPS) is 11.4. The van der Waals surface area contributed by atoms with Crippen molar-refractivity contribution in [2.24, 2.45) is 0 Å². The number of amides is 1. The molecule has 1 heterocycles. The summed E-state index contributed by atoms with van der Waals surface area (Å²) < 4.78 is 10.1. The summed E-state index contributed by atoms with van der Waals surface area (Å²) in [6.07, 6.45) is 1.54. The molecular weight excluding hydrogens is 316 g/mol. The molecule has 1 atom stereocenters. The number of nitrogens with one attached hydrogen (secondary N) is 2. The van der Waals surface area contributed by atoms with Gasteiger partial charge in [-0.2, -0.15) is 4.98 Å². The maximum atomic E-state index is 12.1. The van der Waals surface area contributed by atoms with Crippen molar-refractivity contribution in [3.63, 3.8) is 0 Å². The zero-order chi connectivity index (χ0) is 16.7. The van der Waals surface area contributed by atoms with E-state index in [9.17, 15) is 4.79 Å². The Balaban J connectivity index is 1.86. The Bertz CT molecular complexity index is 651. The van der Waals surface area contributed by atoms with Gasteiger partial charge in [-0.3, -0.25) is 15.6 Å². The maximum absolute atomic E-state index is 12.1. The quantitative estimate of drug-likeness (QED) is 0.592. The third-order valence-electron chi connectivity index (χ3n) is 2.88. The van der Waals surface area contributed by atoms with Crippen molar-refractivity contribution in [3.05, 3.63) is 36.5 Å². The molecule has 0 spiro atoms. The van der Waals surface area contributed by atoms with Gasteiger partial charge >= 0.3 is 0 Å². The van der Waals surface area contributed by atoms with Gasteiger partial charge in [-0.25, -0.2) is 4.98 Å². The van der Waals surface area contributed by atoms with E-state index in [4.69, 9.17) is 9.47 Å². The molecule has 2 aromatic rings. The number of carbonyl (C=O) groups is 1. The lowest BCUT2D eigenvalue weighted by Crippen LogP contribution is -2.36. The molecule has 0 aliphatic rings. The summed E-state index contributed by atoms with van der Waals surface area (Å²) in [7, 11) is 3.13. The second kappa shape index (κ2) is 8.23. The number of aromatic nitrogens is 2. The summed E-state index contributed by atoms with van der Waals surface area (Å²) >= 11 is 1.44. The molecule has 7 nitrogen and oxygen atoms in total. The first-order valence-electron chi connectivity index (χ1n) is 6.86. The largest absolute Gasteiger partial charge is 0.497 e. The highest BCUT2D eigenvalue weighted by molar-refractivity contribution is 8.00. The predicted octanol–water partition coefficient (Wildman–Crippen LogP) is 2.12. The van der Waals surface area contributed by atoms with Gasteiger partial charge in [0.25, 0.3) is 5.91 Å². The Kier molecular flexibility index (Phi) is 6.04. The van der Waals surface area contributed by atoms with Crippen LogP contribution in [0.5, 0.6) is 11.6 Å². The van der Waals surface area contributed by atoms with Crippen LogP contribution in [-0.4, -0.2) is 35.3 Å². The van der Waals surface area contributed by atoms with Gasteiger partial charge in [0.05, 0.1) is 19.5 Å². The molecule has 2 N–H and O–H groups in total. The number of hydrogen-bond donors (Lipinski definition) is 2. The fourth-order valence-corrected chi connectivity index (χ4v) is 2.51. The van der Waals surface area contributed by atoms with E-state index in [-0.39, 0.29) is 17.1 Å². The first-order valence-corrected chi connectivity index (χ1v) is 7.74. The predicted molar refractivity (Wildman–Crippen MR) is 88.7 cm³/mol. The number of ether oxygens (including phenoxy) is 2. The maximum Gasteiger partial charge on any atom is 0.251 e. The van der Waals surface area contributed by atoms with Crippen molar-refractivity contribution in [3.8, 4) is 11.6 Å². The van der Waals surface area contributed by atoms with Crippen LogP contribution in [0.2, 0.25) is 0 Å². The summed E-state index contributed by atoms with van der Waals surface area (Å²) in [6, 6.07) is 9.15. The zero-order valence-electron chi connectivity index (χ0n) is 13.1. The molecule has 23 heavy (non-hydrogen) atoms. The van der Waals surface area contributed by atoms with E-state index in [1.165, 1.54) is 25.1 Å². The lowest BCUT2D eigenvalue weighted by molar-refractivity contribution is -0.119. The van der Waals surface area contributed by atoms with Gasteiger partial charge in [-0.1, -0.05) is 0 Å². The number of anilines is 1. The number of hydrazine groups is 1. The Labute approximate surface area is 138 Å². The van der Waals surface area contributed by atoms with Gasteiger partial charge in [0.15, 0.2) is 0 Å². The van der Waals surface area contributed by atoms with E-state index in [0.29, 0.717) is 5.88 Å². The van der Waals surface area contributed by atoms with Gasteiger partial charge in [0.1, 0.15) is 5.75 Å². The Morgan fingerprint density at radius 1 is 1.17 bits per heavy atom. The Morgan fingerprint density at radius 2 is 1.91 bits per heavy atom. The van der Waals surface area contributed by atoms with Crippen LogP contribution in [0.25, 0.3) is 0 Å². The number of carbonyl (C=O) groups excluding carboxylic acids is 1. The molecule has 0 bridgehead atoms. The number of methoxy groups -OCH3 is 2. The minimum atomic E-state index is -0.290. The van der Waals surface area contributed by atoms with Crippen LogP contribution >= 0.6 is 11.8 Å².